The van der Waals surface area contributed by atoms with Gasteiger partial charge in [0.25, 0.3) is 5.91 Å². The first kappa shape index (κ1) is 21.5. The lowest BCUT2D eigenvalue weighted by atomic mass is 9.95. The van der Waals surface area contributed by atoms with Crippen molar-refractivity contribution >= 4 is 11.8 Å². The first-order valence-electron chi connectivity index (χ1n) is 10.9. The van der Waals surface area contributed by atoms with Gasteiger partial charge < -0.3 is 20.1 Å². The smallest absolute Gasteiger partial charge is 0.257 e. The van der Waals surface area contributed by atoms with Gasteiger partial charge in [0, 0.05) is 31.6 Å². The highest BCUT2D eigenvalue weighted by Gasteiger charge is 2.35. The number of fused-ring (bicyclic) bond motifs is 1. The zero-order valence-corrected chi connectivity index (χ0v) is 17.9. The van der Waals surface area contributed by atoms with Crippen LogP contribution in [0.3, 0.4) is 0 Å². The number of carbonyl (C=O) groups is 2. The van der Waals surface area contributed by atoms with Crippen molar-refractivity contribution in [2.24, 2.45) is 5.92 Å². The largest absolute Gasteiger partial charge is 0.504 e. The number of unbranched alkanes of at least 4 members (excludes halogenated alkanes) is 3. The van der Waals surface area contributed by atoms with E-state index in [9.17, 15) is 14.7 Å². The van der Waals surface area contributed by atoms with Crippen molar-refractivity contribution in [1.82, 2.24) is 10.2 Å². The average Bonchev–Trinajstić information content (AvgIpc) is 3.02. The molecule has 2 N–H and O–H groups in total. The molecule has 2 aliphatic heterocycles. The molecule has 1 aromatic carbocycles. The summed E-state index contributed by atoms with van der Waals surface area (Å²) in [7, 11) is 0. The van der Waals surface area contributed by atoms with Crippen LogP contribution in [0.4, 0.5) is 0 Å². The van der Waals surface area contributed by atoms with Crippen molar-refractivity contribution in [3.8, 4) is 11.5 Å². The lowest BCUT2D eigenvalue weighted by Gasteiger charge is -2.32. The molecule has 1 atom stereocenters. The number of rotatable bonds is 7. The molecule has 6 heteroatoms. The van der Waals surface area contributed by atoms with Gasteiger partial charge in [-0.25, -0.2) is 0 Å². The lowest BCUT2D eigenvalue weighted by molar-refractivity contribution is -0.126. The second-order valence-electron chi connectivity index (χ2n) is 8.93. The van der Waals surface area contributed by atoms with Gasteiger partial charge in [0.2, 0.25) is 5.91 Å². The summed E-state index contributed by atoms with van der Waals surface area (Å²) in [4.78, 5) is 27.3. The van der Waals surface area contributed by atoms with Crippen molar-refractivity contribution in [3.63, 3.8) is 0 Å². The number of piperidine rings is 1. The number of phenolic OH excluding ortho intramolecular Hbond substituents is 1. The predicted octanol–water partition coefficient (Wildman–Crippen LogP) is 3.65. The first-order chi connectivity index (χ1) is 13.8. The van der Waals surface area contributed by atoms with Crippen LogP contribution in [0, 0.1) is 5.92 Å². The van der Waals surface area contributed by atoms with E-state index in [4.69, 9.17) is 4.74 Å². The summed E-state index contributed by atoms with van der Waals surface area (Å²) >= 11 is 0. The van der Waals surface area contributed by atoms with E-state index in [1.165, 1.54) is 12.8 Å². The maximum Gasteiger partial charge on any atom is 0.257 e. The molecule has 160 valence electrons. The minimum atomic E-state index is -0.382. The number of likely N-dealkylation sites (tertiary alicyclic amines) is 1. The highest BCUT2D eigenvalue weighted by atomic mass is 16.5. The van der Waals surface area contributed by atoms with Crippen LogP contribution in [0.25, 0.3) is 0 Å². The van der Waals surface area contributed by atoms with E-state index >= 15 is 0 Å². The van der Waals surface area contributed by atoms with Gasteiger partial charge in [0.05, 0.1) is 11.5 Å². The summed E-state index contributed by atoms with van der Waals surface area (Å²) in [5, 5.41) is 13.7. The zero-order valence-electron chi connectivity index (χ0n) is 17.9. The number of phenols is 1. The van der Waals surface area contributed by atoms with Crippen LogP contribution < -0.4 is 10.1 Å². The molecule has 0 aliphatic carbocycles. The Bertz CT molecular complexity index is 759. The summed E-state index contributed by atoms with van der Waals surface area (Å²) in [5.74, 6) is -0.0632. The van der Waals surface area contributed by atoms with Gasteiger partial charge in [-0.05, 0) is 39.2 Å². The molecule has 2 amide bonds. The van der Waals surface area contributed by atoms with Crippen LogP contribution in [-0.4, -0.2) is 47.1 Å². The molecule has 0 radical (unpaired) electrons. The fourth-order valence-corrected chi connectivity index (χ4v) is 4.26. The normalized spacial score (nSPS) is 20.1. The van der Waals surface area contributed by atoms with Crippen molar-refractivity contribution in [1.29, 1.82) is 0 Å². The lowest BCUT2D eigenvalue weighted by Crippen LogP contribution is -2.45. The third kappa shape index (κ3) is 5.03. The van der Waals surface area contributed by atoms with Crippen molar-refractivity contribution in [2.75, 3.05) is 19.6 Å². The zero-order chi connectivity index (χ0) is 21.0. The van der Waals surface area contributed by atoms with Crippen LogP contribution in [0.5, 0.6) is 11.5 Å². The Morgan fingerprint density at radius 3 is 2.83 bits per heavy atom. The molecular formula is C23H34N2O4. The summed E-state index contributed by atoms with van der Waals surface area (Å²) in [6.07, 6.45) is 6.76. The average molecular weight is 403 g/mol. The second-order valence-corrected chi connectivity index (χ2v) is 8.93. The van der Waals surface area contributed by atoms with E-state index < -0.39 is 0 Å². The Morgan fingerprint density at radius 2 is 2.07 bits per heavy atom. The monoisotopic (exact) mass is 402 g/mol. The second kappa shape index (κ2) is 9.06. The Morgan fingerprint density at radius 1 is 1.28 bits per heavy atom. The molecule has 3 rings (SSSR count). The van der Waals surface area contributed by atoms with E-state index in [0.29, 0.717) is 31.8 Å². The van der Waals surface area contributed by atoms with Gasteiger partial charge in [0.1, 0.15) is 5.60 Å². The van der Waals surface area contributed by atoms with E-state index in [-0.39, 0.29) is 34.6 Å². The third-order valence-corrected chi connectivity index (χ3v) is 5.85. The highest BCUT2D eigenvalue weighted by molar-refractivity contribution is 5.98. The third-order valence-electron chi connectivity index (χ3n) is 5.85. The fourth-order valence-electron chi connectivity index (χ4n) is 4.26. The highest BCUT2D eigenvalue weighted by Crippen LogP contribution is 2.43. The first-order valence-corrected chi connectivity index (χ1v) is 10.9. The number of hydrogen-bond acceptors (Lipinski definition) is 4. The number of hydrogen-bond donors (Lipinski definition) is 2. The van der Waals surface area contributed by atoms with Crippen LogP contribution >= 0.6 is 0 Å². The topological polar surface area (TPSA) is 78.9 Å². The molecule has 0 aromatic heterocycles. The minimum Gasteiger partial charge on any atom is -0.504 e. The maximum absolute atomic E-state index is 13.1. The van der Waals surface area contributed by atoms with Crippen LogP contribution in [-0.2, 0) is 11.2 Å². The summed E-state index contributed by atoms with van der Waals surface area (Å²) in [6.45, 7) is 7.78. The number of aromatic hydroxyl groups is 1. The van der Waals surface area contributed by atoms with Gasteiger partial charge in [-0.15, -0.1) is 0 Å². The Balaban J connectivity index is 1.61. The van der Waals surface area contributed by atoms with Gasteiger partial charge in [0.15, 0.2) is 11.5 Å². The molecule has 0 saturated carbocycles. The van der Waals surface area contributed by atoms with Crippen molar-refractivity contribution in [3.05, 3.63) is 23.3 Å². The van der Waals surface area contributed by atoms with Gasteiger partial charge in [-0.1, -0.05) is 32.3 Å². The molecule has 1 fully saturated rings. The summed E-state index contributed by atoms with van der Waals surface area (Å²) < 4.78 is 5.85. The molecule has 29 heavy (non-hydrogen) atoms. The molecule has 1 unspecified atom stereocenters. The molecule has 1 aromatic rings. The van der Waals surface area contributed by atoms with Gasteiger partial charge in [-0.2, -0.15) is 0 Å². The Hall–Kier alpha value is -2.24. The molecule has 0 bridgehead atoms. The molecule has 1 saturated heterocycles. The van der Waals surface area contributed by atoms with E-state index in [2.05, 4.69) is 12.2 Å². The quantitative estimate of drug-likeness (QED) is 0.683. The Kier molecular flexibility index (Phi) is 6.70. The number of carbonyl (C=O) groups excluding carboxylic acids is 2. The van der Waals surface area contributed by atoms with E-state index in [1.54, 1.807) is 11.0 Å². The molecular weight excluding hydrogens is 368 g/mol. The number of amides is 2. The van der Waals surface area contributed by atoms with E-state index in [1.807, 2.05) is 19.9 Å². The van der Waals surface area contributed by atoms with Crippen LogP contribution in [0.1, 0.15) is 75.2 Å². The molecule has 2 heterocycles. The molecule has 0 spiro atoms. The standard InChI is InChI=1S/C23H34N2O4/c1-4-5-6-7-12-24-21(27)17-9-8-13-25(15-17)22(28)18-11-10-16-14-23(2,3)29-20(16)19(18)26/h10-11,17,26H,4-9,12-15H2,1-3H3,(H,24,27). The number of nitrogens with zero attached hydrogens (tertiary/aromatic N) is 1. The summed E-state index contributed by atoms with van der Waals surface area (Å²) in [6, 6.07) is 3.54. The minimum absolute atomic E-state index is 0.0299. The van der Waals surface area contributed by atoms with E-state index in [0.717, 1.165) is 31.2 Å². The maximum atomic E-state index is 13.1. The van der Waals surface area contributed by atoms with Gasteiger partial charge >= 0.3 is 0 Å². The Labute approximate surface area is 173 Å². The predicted molar refractivity (Wildman–Crippen MR) is 112 cm³/mol. The fraction of sp³-hybridized carbons (Fsp3) is 0.652. The van der Waals surface area contributed by atoms with Crippen LogP contribution in [0.15, 0.2) is 12.1 Å². The SMILES string of the molecule is CCCCCCNC(=O)C1CCCN(C(=O)c2ccc3c(c2O)OC(C)(C)C3)C1. The van der Waals surface area contributed by atoms with Crippen molar-refractivity contribution < 1.29 is 19.4 Å². The van der Waals surface area contributed by atoms with Crippen LogP contribution in [0.2, 0.25) is 0 Å². The number of nitrogens with one attached hydrogen (secondary N) is 1. The number of benzene rings is 1. The molecule has 2 aliphatic rings. The number of ether oxygens (including phenoxy) is 1. The van der Waals surface area contributed by atoms with Gasteiger partial charge in [-0.3, -0.25) is 9.59 Å². The van der Waals surface area contributed by atoms with Crippen molar-refractivity contribution in [2.45, 2.75) is 71.3 Å². The summed E-state index contributed by atoms with van der Waals surface area (Å²) in [5.41, 5.74) is 0.789. The molecule has 6 nitrogen and oxygen atoms in total.